The Bertz CT molecular complexity index is 423. The van der Waals surface area contributed by atoms with Crippen LogP contribution in [0.15, 0.2) is 24.3 Å². The number of ether oxygens (including phenoxy) is 1. The molecular formula is C16H22ClNO. The van der Waals surface area contributed by atoms with Gasteiger partial charge < -0.3 is 10.1 Å². The molecule has 1 heterocycles. The third-order valence-electron chi connectivity index (χ3n) is 4.39. The molecular weight excluding hydrogens is 258 g/mol. The molecule has 2 nitrogen and oxygen atoms in total. The fraction of sp³-hybridized carbons (Fsp3) is 0.625. The predicted molar refractivity (Wildman–Crippen MR) is 79.2 cm³/mol. The Morgan fingerprint density at radius 3 is 2.89 bits per heavy atom. The van der Waals surface area contributed by atoms with Crippen molar-refractivity contribution in [2.24, 2.45) is 0 Å². The largest absolute Gasteiger partial charge is 0.493 e. The van der Waals surface area contributed by atoms with Gasteiger partial charge in [-0.1, -0.05) is 31.0 Å². The lowest BCUT2D eigenvalue weighted by Crippen LogP contribution is -2.41. The molecule has 0 spiro atoms. The van der Waals surface area contributed by atoms with Gasteiger partial charge in [0, 0.05) is 23.9 Å². The summed E-state index contributed by atoms with van der Waals surface area (Å²) in [7, 11) is 0. The van der Waals surface area contributed by atoms with Crippen molar-refractivity contribution < 1.29 is 4.74 Å². The van der Waals surface area contributed by atoms with Crippen LogP contribution in [0.25, 0.3) is 0 Å². The number of fused-ring (bicyclic) bond motifs is 1. The van der Waals surface area contributed by atoms with Crippen LogP contribution in [0.1, 0.15) is 43.6 Å². The van der Waals surface area contributed by atoms with Gasteiger partial charge in [-0.3, -0.25) is 0 Å². The average molecular weight is 280 g/mol. The first-order valence-corrected chi connectivity index (χ1v) is 7.87. The van der Waals surface area contributed by atoms with E-state index in [1.807, 2.05) is 6.07 Å². The Hall–Kier alpha value is -0.730. The van der Waals surface area contributed by atoms with E-state index >= 15 is 0 Å². The highest BCUT2D eigenvalue weighted by atomic mass is 35.5. The summed E-state index contributed by atoms with van der Waals surface area (Å²) in [6.45, 7) is 1.85. The molecule has 3 heteroatoms. The topological polar surface area (TPSA) is 21.3 Å². The van der Waals surface area contributed by atoms with Crippen LogP contribution in [0.2, 0.25) is 0 Å². The van der Waals surface area contributed by atoms with E-state index in [1.54, 1.807) is 0 Å². The highest BCUT2D eigenvalue weighted by Gasteiger charge is 2.26. The molecule has 19 heavy (non-hydrogen) atoms. The van der Waals surface area contributed by atoms with Gasteiger partial charge in [-0.05, 0) is 30.9 Å². The van der Waals surface area contributed by atoms with Crippen LogP contribution in [0.5, 0.6) is 5.75 Å². The maximum absolute atomic E-state index is 6.41. The van der Waals surface area contributed by atoms with E-state index in [0.717, 1.165) is 31.7 Å². The summed E-state index contributed by atoms with van der Waals surface area (Å²) >= 11 is 6.41. The summed E-state index contributed by atoms with van der Waals surface area (Å²) < 4.78 is 5.71. The van der Waals surface area contributed by atoms with Crippen molar-refractivity contribution in [3.05, 3.63) is 29.8 Å². The van der Waals surface area contributed by atoms with Crippen molar-refractivity contribution in [1.29, 1.82) is 0 Å². The van der Waals surface area contributed by atoms with Gasteiger partial charge in [-0.15, -0.1) is 11.6 Å². The van der Waals surface area contributed by atoms with E-state index in [0.29, 0.717) is 17.3 Å². The van der Waals surface area contributed by atoms with E-state index in [-0.39, 0.29) is 0 Å². The summed E-state index contributed by atoms with van der Waals surface area (Å²) in [6, 6.07) is 8.91. The van der Waals surface area contributed by atoms with Crippen LogP contribution in [0.3, 0.4) is 0 Å². The van der Waals surface area contributed by atoms with Crippen molar-refractivity contribution in [2.45, 2.75) is 49.4 Å². The Kier molecular flexibility index (Phi) is 4.29. The van der Waals surface area contributed by atoms with Crippen LogP contribution < -0.4 is 10.1 Å². The van der Waals surface area contributed by atoms with Crippen LogP contribution in [-0.2, 0) is 0 Å². The number of hydrogen-bond donors (Lipinski definition) is 1. The van der Waals surface area contributed by atoms with Crippen LogP contribution in [0.4, 0.5) is 0 Å². The van der Waals surface area contributed by atoms with Gasteiger partial charge in [0.05, 0.1) is 6.61 Å². The van der Waals surface area contributed by atoms with Gasteiger partial charge in [-0.25, -0.2) is 0 Å². The van der Waals surface area contributed by atoms with E-state index in [1.165, 1.54) is 24.8 Å². The van der Waals surface area contributed by atoms with E-state index < -0.39 is 0 Å². The van der Waals surface area contributed by atoms with Crippen LogP contribution in [0, 0.1) is 0 Å². The van der Waals surface area contributed by atoms with Gasteiger partial charge in [0.15, 0.2) is 0 Å². The van der Waals surface area contributed by atoms with Gasteiger partial charge in [0.25, 0.3) is 0 Å². The Morgan fingerprint density at radius 2 is 2.00 bits per heavy atom. The number of para-hydroxylation sites is 1. The van der Waals surface area contributed by atoms with Crippen LogP contribution in [-0.4, -0.2) is 24.6 Å². The maximum Gasteiger partial charge on any atom is 0.122 e. The zero-order valence-corrected chi connectivity index (χ0v) is 12.0. The zero-order chi connectivity index (χ0) is 13.1. The third-order valence-corrected chi connectivity index (χ3v) is 4.91. The van der Waals surface area contributed by atoms with Crippen molar-refractivity contribution in [1.82, 2.24) is 5.32 Å². The fourth-order valence-electron chi connectivity index (χ4n) is 3.24. The first kappa shape index (κ1) is 13.3. The number of rotatable bonds is 3. The standard InChI is InChI=1S/C16H22ClNO/c17-14-6-2-3-7-15(14)18-11-12-9-10-19-16-8-4-1-5-13(12)16/h1,4-5,8,12,14-15,18H,2-3,6-7,9-11H2. The Labute approximate surface area is 120 Å². The molecule has 0 radical (unpaired) electrons. The molecule has 2 aliphatic rings. The van der Waals surface area contributed by atoms with E-state index in [2.05, 4.69) is 23.5 Å². The molecule has 0 saturated heterocycles. The summed E-state index contributed by atoms with van der Waals surface area (Å²) in [4.78, 5) is 0. The summed E-state index contributed by atoms with van der Waals surface area (Å²) in [5.74, 6) is 1.63. The van der Waals surface area contributed by atoms with Crippen molar-refractivity contribution in [2.75, 3.05) is 13.2 Å². The molecule has 3 atom stereocenters. The zero-order valence-electron chi connectivity index (χ0n) is 11.3. The molecule has 1 aromatic carbocycles. The molecule has 1 aliphatic carbocycles. The van der Waals surface area contributed by atoms with Gasteiger partial charge in [0.2, 0.25) is 0 Å². The van der Waals surface area contributed by atoms with Crippen molar-refractivity contribution in [3.8, 4) is 5.75 Å². The van der Waals surface area contributed by atoms with Gasteiger partial charge in [0.1, 0.15) is 5.75 Å². The first-order chi connectivity index (χ1) is 9.34. The third kappa shape index (κ3) is 3.06. The molecule has 0 bridgehead atoms. The molecule has 1 N–H and O–H groups in total. The summed E-state index contributed by atoms with van der Waals surface area (Å²) in [6.07, 6.45) is 6.07. The lowest BCUT2D eigenvalue weighted by molar-refractivity contribution is 0.258. The highest BCUT2D eigenvalue weighted by Crippen LogP contribution is 2.33. The Balaban J connectivity index is 1.61. The summed E-state index contributed by atoms with van der Waals surface area (Å²) in [5, 5.41) is 4.00. The molecule has 1 fully saturated rings. The second-order valence-electron chi connectivity index (χ2n) is 5.69. The smallest absolute Gasteiger partial charge is 0.122 e. The second-order valence-corrected chi connectivity index (χ2v) is 6.25. The van der Waals surface area contributed by atoms with Gasteiger partial charge >= 0.3 is 0 Å². The predicted octanol–water partition coefficient (Wildman–Crippen LogP) is 3.69. The van der Waals surface area contributed by atoms with Crippen molar-refractivity contribution in [3.63, 3.8) is 0 Å². The molecule has 1 aliphatic heterocycles. The molecule has 1 saturated carbocycles. The van der Waals surface area contributed by atoms with Crippen LogP contribution >= 0.6 is 11.6 Å². The second kappa shape index (κ2) is 6.15. The minimum atomic E-state index is 0.309. The molecule has 3 rings (SSSR count). The SMILES string of the molecule is ClC1CCCCC1NCC1CCOc2ccccc21. The lowest BCUT2D eigenvalue weighted by atomic mass is 9.91. The monoisotopic (exact) mass is 279 g/mol. The maximum atomic E-state index is 6.41. The van der Waals surface area contributed by atoms with Crippen molar-refractivity contribution >= 4 is 11.6 Å². The molecule has 0 amide bonds. The Morgan fingerprint density at radius 1 is 1.16 bits per heavy atom. The van der Waals surface area contributed by atoms with E-state index in [4.69, 9.17) is 16.3 Å². The number of nitrogens with one attached hydrogen (secondary N) is 1. The minimum Gasteiger partial charge on any atom is -0.493 e. The summed E-state index contributed by atoms with van der Waals surface area (Å²) in [5.41, 5.74) is 1.35. The highest BCUT2D eigenvalue weighted by molar-refractivity contribution is 6.21. The minimum absolute atomic E-state index is 0.309. The number of benzene rings is 1. The molecule has 0 aromatic heterocycles. The molecule has 3 unspecified atom stereocenters. The first-order valence-electron chi connectivity index (χ1n) is 7.44. The number of alkyl halides is 1. The lowest BCUT2D eigenvalue weighted by Gasteiger charge is -2.31. The quantitative estimate of drug-likeness (QED) is 0.852. The fourth-order valence-corrected chi connectivity index (χ4v) is 3.61. The van der Waals surface area contributed by atoms with E-state index in [9.17, 15) is 0 Å². The molecule has 104 valence electrons. The normalized spacial score (nSPS) is 30.5. The molecule has 1 aromatic rings. The number of halogens is 1. The average Bonchev–Trinajstić information content (AvgIpc) is 2.46. The number of hydrogen-bond acceptors (Lipinski definition) is 2. The van der Waals surface area contributed by atoms with Gasteiger partial charge in [-0.2, -0.15) is 0 Å².